The van der Waals surface area contributed by atoms with Crippen molar-refractivity contribution in [1.82, 2.24) is 20.2 Å². The van der Waals surface area contributed by atoms with Crippen LogP contribution in [0.1, 0.15) is 5.56 Å². The summed E-state index contributed by atoms with van der Waals surface area (Å²) in [7, 11) is 0. The van der Waals surface area contributed by atoms with Crippen LogP contribution in [-0.2, 0) is 6.42 Å². The smallest absolute Gasteiger partial charge is 0.317 e. The molecular formula is C20H23N5O. The zero-order valence-corrected chi connectivity index (χ0v) is 14.7. The minimum atomic E-state index is 0.0190. The fourth-order valence-corrected chi connectivity index (χ4v) is 3.43. The molecule has 6 heteroatoms. The number of aromatic amines is 1. The van der Waals surface area contributed by atoms with Crippen LogP contribution in [-0.4, -0.2) is 53.6 Å². The zero-order valence-electron chi connectivity index (χ0n) is 14.7. The number of carbonyl (C=O) groups excluding carboxylic acids is 1. The largest absolute Gasteiger partial charge is 0.361 e. The third-order valence-electron chi connectivity index (χ3n) is 4.89. The number of amides is 2. The number of pyridine rings is 1. The Morgan fingerprint density at radius 2 is 1.88 bits per heavy atom. The molecule has 6 nitrogen and oxygen atoms in total. The molecule has 1 fully saturated rings. The van der Waals surface area contributed by atoms with Crippen molar-refractivity contribution in [1.29, 1.82) is 0 Å². The summed E-state index contributed by atoms with van der Waals surface area (Å²) >= 11 is 0. The third-order valence-corrected chi connectivity index (χ3v) is 4.89. The standard InChI is InChI=1S/C20H23N5O/c26-20(22-10-8-16-15-23-18-6-2-1-5-17(16)18)25-13-11-24(12-14-25)19-7-3-4-9-21-19/h1-7,9,15,23H,8,10-14H2,(H,22,26). The van der Waals surface area contributed by atoms with E-state index >= 15 is 0 Å². The van der Waals surface area contributed by atoms with Gasteiger partial charge in [0.1, 0.15) is 5.82 Å². The van der Waals surface area contributed by atoms with Crippen LogP contribution in [0.15, 0.2) is 54.9 Å². The van der Waals surface area contributed by atoms with Crippen molar-refractivity contribution in [3.8, 4) is 0 Å². The van der Waals surface area contributed by atoms with Crippen LogP contribution >= 0.6 is 0 Å². The topological polar surface area (TPSA) is 64.3 Å². The van der Waals surface area contributed by atoms with Crippen LogP contribution in [0.4, 0.5) is 10.6 Å². The molecule has 0 atom stereocenters. The number of carbonyl (C=O) groups is 1. The molecule has 26 heavy (non-hydrogen) atoms. The Morgan fingerprint density at radius 3 is 2.69 bits per heavy atom. The van der Waals surface area contributed by atoms with Gasteiger partial charge in [-0.25, -0.2) is 9.78 Å². The van der Waals surface area contributed by atoms with Crippen LogP contribution in [0.2, 0.25) is 0 Å². The first-order valence-electron chi connectivity index (χ1n) is 9.05. The van der Waals surface area contributed by atoms with Gasteiger partial charge < -0.3 is 20.1 Å². The van der Waals surface area contributed by atoms with Gasteiger partial charge in [0, 0.05) is 56.0 Å². The van der Waals surface area contributed by atoms with Crippen LogP contribution < -0.4 is 10.2 Å². The van der Waals surface area contributed by atoms with E-state index in [0.29, 0.717) is 6.54 Å². The van der Waals surface area contributed by atoms with Gasteiger partial charge >= 0.3 is 6.03 Å². The number of hydrogen-bond donors (Lipinski definition) is 2. The maximum atomic E-state index is 12.4. The Labute approximate surface area is 152 Å². The number of para-hydroxylation sites is 1. The molecule has 1 aliphatic rings. The molecule has 0 radical (unpaired) electrons. The number of anilines is 1. The van der Waals surface area contributed by atoms with Gasteiger partial charge in [-0.1, -0.05) is 24.3 Å². The highest BCUT2D eigenvalue weighted by Crippen LogP contribution is 2.17. The monoisotopic (exact) mass is 349 g/mol. The first-order valence-corrected chi connectivity index (χ1v) is 9.05. The van der Waals surface area contributed by atoms with Gasteiger partial charge in [0.2, 0.25) is 0 Å². The number of benzene rings is 1. The summed E-state index contributed by atoms with van der Waals surface area (Å²) in [6.45, 7) is 3.70. The van der Waals surface area contributed by atoms with Crippen molar-refractivity contribution in [3.63, 3.8) is 0 Å². The van der Waals surface area contributed by atoms with Gasteiger partial charge in [0.05, 0.1) is 0 Å². The molecule has 2 N–H and O–H groups in total. The van der Waals surface area contributed by atoms with E-state index in [1.54, 1.807) is 6.20 Å². The van der Waals surface area contributed by atoms with E-state index in [9.17, 15) is 4.79 Å². The Morgan fingerprint density at radius 1 is 1.08 bits per heavy atom. The van der Waals surface area contributed by atoms with Gasteiger partial charge in [-0.2, -0.15) is 0 Å². The minimum Gasteiger partial charge on any atom is -0.361 e. The molecule has 3 aromatic rings. The molecule has 1 aromatic carbocycles. The lowest BCUT2D eigenvalue weighted by Crippen LogP contribution is -2.52. The van der Waals surface area contributed by atoms with Crippen molar-refractivity contribution >= 4 is 22.8 Å². The van der Waals surface area contributed by atoms with Gasteiger partial charge in [-0.3, -0.25) is 0 Å². The van der Waals surface area contributed by atoms with E-state index in [1.807, 2.05) is 41.4 Å². The molecule has 1 aliphatic heterocycles. The Hall–Kier alpha value is -3.02. The fraction of sp³-hybridized carbons (Fsp3) is 0.300. The Bertz CT molecular complexity index is 868. The Balaban J connectivity index is 1.26. The molecule has 134 valence electrons. The second kappa shape index (κ2) is 7.47. The number of hydrogen-bond acceptors (Lipinski definition) is 3. The van der Waals surface area contributed by atoms with E-state index in [-0.39, 0.29) is 6.03 Å². The summed E-state index contributed by atoms with van der Waals surface area (Å²) < 4.78 is 0. The van der Waals surface area contributed by atoms with Gasteiger partial charge in [-0.15, -0.1) is 0 Å². The van der Waals surface area contributed by atoms with Gasteiger partial charge in [-0.05, 0) is 30.2 Å². The van der Waals surface area contributed by atoms with Crippen molar-refractivity contribution < 1.29 is 4.79 Å². The number of urea groups is 1. The van der Waals surface area contributed by atoms with Crippen molar-refractivity contribution in [3.05, 3.63) is 60.4 Å². The van der Waals surface area contributed by atoms with E-state index in [4.69, 9.17) is 0 Å². The molecule has 4 rings (SSSR count). The van der Waals surface area contributed by atoms with Crippen molar-refractivity contribution in [2.75, 3.05) is 37.6 Å². The first-order chi connectivity index (χ1) is 12.8. The summed E-state index contributed by atoms with van der Waals surface area (Å²) in [5.74, 6) is 0.979. The van der Waals surface area contributed by atoms with Gasteiger partial charge in [0.25, 0.3) is 0 Å². The normalized spacial score (nSPS) is 14.6. The SMILES string of the molecule is O=C(NCCc1c[nH]c2ccccc12)N1CCN(c2ccccn2)CC1. The fourth-order valence-electron chi connectivity index (χ4n) is 3.43. The van der Waals surface area contributed by atoms with Crippen LogP contribution in [0.3, 0.4) is 0 Å². The zero-order chi connectivity index (χ0) is 17.8. The number of nitrogens with one attached hydrogen (secondary N) is 2. The number of fused-ring (bicyclic) bond motifs is 1. The summed E-state index contributed by atoms with van der Waals surface area (Å²) in [6.07, 6.45) is 4.66. The maximum absolute atomic E-state index is 12.4. The van der Waals surface area contributed by atoms with Gasteiger partial charge in [0.15, 0.2) is 0 Å². The molecular weight excluding hydrogens is 326 g/mol. The molecule has 3 heterocycles. The van der Waals surface area contributed by atoms with Crippen molar-refractivity contribution in [2.45, 2.75) is 6.42 Å². The predicted octanol–water partition coefficient (Wildman–Crippen LogP) is 2.64. The second-order valence-electron chi connectivity index (χ2n) is 6.50. The van der Waals surface area contributed by atoms with Crippen LogP contribution in [0.5, 0.6) is 0 Å². The second-order valence-corrected chi connectivity index (χ2v) is 6.50. The highest BCUT2D eigenvalue weighted by molar-refractivity contribution is 5.83. The molecule has 0 saturated carbocycles. The third kappa shape index (κ3) is 3.49. The predicted molar refractivity (Wildman–Crippen MR) is 103 cm³/mol. The number of piperazine rings is 1. The molecule has 0 unspecified atom stereocenters. The summed E-state index contributed by atoms with van der Waals surface area (Å²) in [5.41, 5.74) is 2.38. The highest BCUT2D eigenvalue weighted by Gasteiger charge is 2.21. The summed E-state index contributed by atoms with van der Waals surface area (Å²) in [4.78, 5) is 24.2. The minimum absolute atomic E-state index is 0.0190. The molecule has 0 bridgehead atoms. The molecule has 1 saturated heterocycles. The lowest BCUT2D eigenvalue weighted by Gasteiger charge is -2.35. The van der Waals surface area contributed by atoms with Crippen molar-refractivity contribution in [2.24, 2.45) is 0 Å². The lowest BCUT2D eigenvalue weighted by atomic mass is 10.1. The Kier molecular flexibility index (Phi) is 4.73. The van der Waals surface area contributed by atoms with E-state index < -0.39 is 0 Å². The maximum Gasteiger partial charge on any atom is 0.317 e. The summed E-state index contributed by atoms with van der Waals surface area (Å²) in [5, 5.41) is 4.28. The van der Waals surface area contributed by atoms with Crippen LogP contribution in [0.25, 0.3) is 10.9 Å². The first kappa shape index (κ1) is 16.4. The number of rotatable bonds is 4. The number of aromatic nitrogens is 2. The molecule has 2 aromatic heterocycles. The van der Waals surface area contributed by atoms with Crippen LogP contribution in [0, 0.1) is 0 Å². The highest BCUT2D eigenvalue weighted by atomic mass is 16.2. The van der Waals surface area contributed by atoms with E-state index in [0.717, 1.165) is 43.9 Å². The van der Waals surface area contributed by atoms with E-state index in [1.165, 1.54) is 10.9 Å². The number of H-pyrrole nitrogens is 1. The summed E-state index contributed by atoms with van der Waals surface area (Å²) in [6, 6.07) is 14.2. The number of nitrogens with zero attached hydrogens (tertiary/aromatic N) is 3. The lowest BCUT2D eigenvalue weighted by molar-refractivity contribution is 0.194. The van der Waals surface area contributed by atoms with E-state index in [2.05, 4.69) is 32.3 Å². The molecule has 0 spiro atoms. The molecule has 2 amide bonds. The average molecular weight is 349 g/mol. The average Bonchev–Trinajstić information content (AvgIpc) is 3.12. The molecule has 0 aliphatic carbocycles. The quantitative estimate of drug-likeness (QED) is 0.761.